The maximum absolute atomic E-state index is 6.06. The van der Waals surface area contributed by atoms with Crippen molar-refractivity contribution in [3.05, 3.63) is 65.7 Å². The molecule has 2 aromatic rings. The molecule has 1 heterocycles. The molecule has 2 aromatic carbocycles. The maximum atomic E-state index is 6.06. The summed E-state index contributed by atoms with van der Waals surface area (Å²) in [6.45, 7) is 0. The van der Waals surface area contributed by atoms with E-state index in [1.807, 2.05) is 42.5 Å². The summed E-state index contributed by atoms with van der Waals surface area (Å²) in [6.07, 6.45) is 0.708. The first-order valence-corrected chi connectivity index (χ1v) is 6.29. The van der Waals surface area contributed by atoms with Crippen molar-refractivity contribution in [2.75, 3.05) is 7.11 Å². The highest BCUT2D eigenvalue weighted by molar-refractivity contribution is 6.03. The van der Waals surface area contributed by atoms with Gasteiger partial charge < -0.3 is 9.57 Å². The van der Waals surface area contributed by atoms with E-state index in [9.17, 15) is 0 Å². The molecule has 0 aromatic heterocycles. The van der Waals surface area contributed by atoms with E-state index in [1.165, 1.54) is 0 Å². The molecule has 0 aliphatic carbocycles. The molecule has 0 bridgehead atoms. The Kier molecular flexibility index (Phi) is 3.19. The van der Waals surface area contributed by atoms with Crippen LogP contribution >= 0.6 is 0 Å². The minimum Gasteiger partial charge on any atom is -0.485 e. The molecule has 1 atom stereocenters. The SMILES string of the molecule is CO/N=C1/C[C@H](c2ccccc2)Oc2ccccc21. The first-order valence-electron chi connectivity index (χ1n) is 6.29. The average molecular weight is 253 g/mol. The van der Waals surface area contributed by atoms with E-state index in [0.29, 0.717) is 0 Å². The zero-order valence-electron chi connectivity index (χ0n) is 10.7. The second kappa shape index (κ2) is 5.14. The normalized spacial score (nSPS) is 19.6. The summed E-state index contributed by atoms with van der Waals surface area (Å²) in [7, 11) is 1.57. The smallest absolute Gasteiger partial charge is 0.129 e. The molecule has 3 heteroatoms. The fourth-order valence-corrected chi connectivity index (χ4v) is 2.34. The van der Waals surface area contributed by atoms with E-state index in [1.54, 1.807) is 7.11 Å². The largest absolute Gasteiger partial charge is 0.485 e. The number of hydrogen-bond acceptors (Lipinski definition) is 3. The van der Waals surface area contributed by atoms with E-state index in [-0.39, 0.29) is 6.10 Å². The number of ether oxygens (including phenoxy) is 1. The van der Waals surface area contributed by atoms with Gasteiger partial charge in [-0.05, 0) is 17.7 Å². The van der Waals surface area contributed by atoms with E-state index in [2.05, 4.69) is 17.3 Å². The first kappa shape index (κ1) is 11.8. The molecule has 96 valence electrons. The van der Waals surface area contributed by atoms with Crippen molar-refractivity contribution in [1.82, 2.24) is 0 Å². The van der Waals surface area contributed by atoms with Crippen LogP contribution in [0, 0.1) is 0 Å². The molecular formula is C16H15NO2. The minimum atomic E-state index is -0.00926. The van der Waals surface area contributed by atoms with Crippen LogP contribution < -0.4 is 4.74 Å². The molecule has 1 aliphatic heterocycles. The van der Waals surface area contributed by atoms with Crippen LogP contribution in [0.5, 0.6) is 5.75 Å². The number of nitrogens with zero attached hydrogens (tertiary/aromatic N) is 1. The van der Waals surface area contributed by atoms with Crippen molar-refractivity contribution in [3.8, 4) is 5.75 Å². The van der Waals surface area contributed by atoms with Gasteiger partial charge in [0.1, 0.15) is 19.0 Å². The second-order valence-electron chi connectivity index (χ2n) is 4.44. The molecule has 3 rings (SSSR count). The van der Waals surface area contributed by atoms with Gasteiger partial charge in [0.25, 0.3) is 0 Å². The Morgan fingerprint density at radius 1 is 1.05 bits per heavy atom. The van der Waals surface area contributed by atoms with Crippen LogP contribution in [-0.2, 0) is 4.84 Å². The van der Waals surface area contributed by atoms with Crippen molar-refractivity contribution in [2.45, 2.75) is 12.5 Å². The van der Waals surface area contributed by atoms with Crippen LogP contribution in [0.1, 0.15) is 23.7 Å². The molecule has 0 saturated heterocycles. The molecule has 0 amide bonds. The van der Waals surface area contributed by atoms with Gasteiger partial charge >= 0.3 is 0 Å². The predicted molar refractivity (Wildman–Crippen MR) is 74.4 cm³/mol. The van der Waals surface area contributed by atoms with Crippen molar-refractivity contribution in [1.29, 1.82) is 0 Å². The van der Waals surface area contributed by atoms with Gasteiger partial charge in [0.2, 0.25) is 0 Å². The number of benzene rings is 2. The van der Waals surface area contributed by atoms with Crippen molar-refractivity contribution in [2.24, 2.45) is 5.16 Å². The maximum Gasteiger partial charge on any atom is 0.129 e. The van der Waals surface area contributed by atoms with Gasteiger partial charge in [0, 0.05) is 12.0 Å². The lowest BCUT2D eigenvalue weighted by Gasteiger charge is -2.27. The summed E-state index contributed by atoms with van der Waals surface area (Å²) < 4.78 is 6.06. The number of oxime groups is 1. The van der Waals surface area contributed by atoms with Gasteiger partial charge in [-0.15, -0.1) is 0 Å². The Morgan fingerprint density at radius 2 is 1.79 bits per heavy atom. The summed E-state index contributed by atoms with van der Waals surface area (Å²) in [5, 5.41) is 4.14. The van der Waals surface area contributed by atoms with Gasteiger partial charge in [-0.2, -0.15) is 0 Å². The molecule has 0 spiro atoms. The summed E-state index contributed by atoms with van der Waals surface area (Å²) in [5.74, 6) is 0.860. The van der Waals surface area contributed by atoms with Gasteiger partial charge in [-0.1, -0.05) is 47.6 Å². The van der Waals surface area contributed by atoms with E-state index in [0.717, 1.165) is 29.0 Å². The van der Waals surface area contributed by atoms with Gasteiger partial charge in [-0.25, -0.2) is 0 Å². The summed E-state index contributed by atoms with van der Waals surface area (Å²) in [5.41, 5.74) is 3.09. The molecule has 0 radical (unpaired) electrons. The van der Waals surface area contributed by atoms with Crippen LogP contribution in [0.15, 0.2) is 59.8 Å². The molecule has 1 aliphatic rings. The molecule has 3 nitrogen and oxygen atoms in total. The Hall–Kier alpha value is -2.29. The molecule has 0 unspecified atom stereocenters. The highest BCUT2D eigenvalue weighted by Gasteiger charge is 2.26. The molecule has 0 fully saturated rings. The van der Waals surface area contributed by atoms with E-state index < -0.39 is 0 Å². The van der Waals surface area contributed by atoms with Crippen molar-refractivity contribution < 1.29 is 9.57 Å². The standard InChI is InChI=1S/C16H15NO2/c1-18-17-14-11-16(12-7-3-2-4-8-12)19-15-10-6-5-9-13(14)15/h2-10,16H,11H2,1H3/b17-14-/t16-/m1/s1. The Labute approximate surface area is 112 Å². The van der Waals surface area contributed by atoms with E-state index in [4.69, 9.17) is 9.57 Å². The van der Waals surface area contributed by atoms with Crippen molar-refractivity contribution >= 4 is 5.71 Å². The van der Waals surface area contributed by atoms with Crippen LogP contribution in [0.3, 0.4) is 0 Å². The van der Waals surface area contributed by atoms with Crippen LogP contribution in [0.2, 0.25) is 0 Å². The van der Waals surface area contributed by atoms with Crippen LogP contribution in [-0.4, -0.2) is 12.8 Å². The lowest BCUT2D eigenvalue weighted by Crippen LogP contribution is -2.21. The quantitative estimate of drug-likeness (QED) is 0.766. The summed E-state index contributed by atoms with van der Waals surface area (Å²) in [6, 6.07) is 18.1. The Morgan fingerprint density at radius 3 is 2.58 bits per heavy atom. The summed E-state index contributed by atoms with van der Waals surface area (Å²) in [4.78, 5) is 4.95. The van der Waals surface area contributed by atoms with Gasteiger partial charge in [0.05, 0.1) is 5.71 Å². The lowest BCUT2D eigenvalue weighted by molar-refractivity contribution is 0.190. The second-order valence-corrected chi connectivity index (χ2v) is 4.44. The third kappa shape index (κ3) is 2.32. The number of para-hydroxylation sites is 1. The average Bonchev–Trinajstić information content (AvgIpc) is 2.48. The highest BCUT2D eigenvalue weighted by Crippen LogP contribution is 2.34. The van der Waals surface area contributed by atoms with Gasteiger partial charge in [-0.3, -0.25) is 0 Å². The number of hydrogen-bond donors (Lipinski definition) is 0. The zero-order chi connectivity index (χ0) is 13.1. The molecule has 19 heavy (non-hydrogen) atoms. The first-order chi connectivity index (χ1) is 9.38. The van der Waals surface area contributed by atoms with E-state index >= 15 is 0 Å². The number of fused-ring (bicyclic) bond motifs is 1. The third-order valence-corrected chi connectivity index (χ3v) is 3.22. The van der Waals surface area contributed by atoms with Crippen LogP contribution in [0.4, 0.5) is 0 Å². The minimum absolute atomic E-state index is 0.00926. The fraction of sp³-hybridized carbons (Fsp3) is 0.188. The Balaban J connectivity index is 2.00. The Bertz CT molecular complexity index is 593. The molecular weight excluding hydrogens is 238 g/mol. The molecule has 0 saturated carbocycles. The summed E-state index contributed by atoms with van der Waals surface area (Å²) >= 11 is 0. The van der Waals surface area contributed by atoms with Gasteiger partial charge in [0.15, 0.2) is 0 Å². The monoisotopic (exact) mass is 253 g/mol. The highest BCUT2D eigenvalue weighted by atomic mass is 16.6. The van der Waals surface area contributed by atoms with Crippen LogP contribution in [0.25, 0.3) is 0 Å². The topological polar surface area (TPSA) is 30.8 Å². The third-order valence-electron chi connectivity index (χ3n) is 3.22. The fourth-order valence-electron chi connectivity index (χ4n) is 2.34. The molecule has 0 N–H and O–H groups in total. The van der Waals surface area contributed by atoms with Crippen molar-refractivity contribution in [3.63, 3.8) is 0 Å². The number of rotatable bonds is 2. The lowest BCUT2D eigenvalue weighted by atomic mass is 9.96. The zero-order valence-corrected chi connectivity index (χ0v) is 10.7. The predicted octanol–water partition coefficient (Wildman–Crippen LogP) is 3.56.